The molecule has 10 heteroatoms. The van der Waals surface area contributed by atoms with Gasteiger partial charge in [0.25, 0.3) is 0 Å². The van der Waals surface area contributed by atoms with Gasteiger partial charge in [0, 0.05) is 31.8 Å². The zero-order chi connectivity index (χ0) is 24.7. The van der Waals surface area contributed by atoms with Gasteiger partial charge >= 0.3 is 0 Å². The third-order valence-electron chi connectivity index (χ3n) is 6.38. The maximum Gasteiger partial charge on any atom is 0.230 e. The summed E-state index contributed by atoms with van der Waals surface area (Å²) < 4.78 is 1.85. The van der Waals surface area contributed by atoms with E-state index in [1.54, 1.807) is 0 Å². The topological polar surface area (TPSA) is 87.7 Å². The molecule has 6 nitrogen and oxygen atoms in total. The van der Waals surface area contributed by atoms with Crippen LogP contribution in [0.15, 0.2) is 62.1 Å². The second kappa shape index (κ2) is 10.2. The van der Waals surface area contributed by atoms with Gasteiger partial charge in [0.1, 0.15) is 11.7 Å². The van der Waals surface area contributed by atoms with Crippen LogP contribution in [0.5, 0.6) is 0 Å². The molecule has 0 radical (unpaired) electrons. The quantitative estimate of drug-likeness (QED) is 0.253. The molecule has 3 aromatic rings. The van der Waals surface area contributed by atoms with E-state index in [-0.39, 0.29) is 34.8 Å². The Kier molecular flexibility index (Phi) is 7.21. The van der Waals surface area contributed by atoms with Gasteiger partial charge in [0.15, 0.2) is 5.78 Å². The fourth-order valence-electron chi connectivity index (χ4n) is 4.63. The molecule has 0 saturated heterocycles. The van der Waals surface area contributed by atoms with E-state index in [2.05, 4.69) is 52.4 Å². The Morgan fingerprint density at radius 1 is 1.26 bits per heavy atom. The number of ketones is 1. The third-order valence-corrected chi connectivity index (χ3v) is 8.89. The van der Waals surface area contributed by atoms with E-state index in [4.69, 9.17) is 11.6 Å². The smallest absolute Gasteiger partial charge is 0.230 e. The lowest BCUT2D eigenvalue weighted by Gasteiger charge is -2.42. The molecule has 35 heavy (non-hydrogen) atoms. The number of allylic oxidation sites excluding steroid dienone is 1. The molecule has 1 amide bonds. The number of benzene rings is 2. The van der Waals surface area contributed by atoms with E-state index in [0.717, 1.165) is 32.1 Å². The highest BCUT2D eigenvalue weighted by Crippen LogP contribution is 2.43. The first-order chi connectivity index (χ1) is 16.8. The van der Waals surface area contributed by atoms with Gasteiger partial charge in [-0.2, -0.15) is 0 Å². The normalized spacial score (nSPS) is 23.3. The van der Waals surface area contributed by atoms with E-state index >= 15 is 0 Å². The number of fused-ring (bicyclic) bond motifs is 1. The average molecular weight is 637 g/mol. The number of rotatable bonds is 6. The van der Waals surface area contributed by atoms with Gasteiger partial charge in [-0.3, -0.25) is 14.7 Å². The Morgan fingerprint density at radius 3 is 2.83 bits per heavy atom. The largest absolute Gasteiger partial charge is 0.352 e. The molecule has 4 unspecified atom stereocenters. The van der Waals surface area contributed by atoms with Gasteiger partial charge in [-0.1, -0.05) is 79.5 Å². The summed E-state index contributed by atoms with van der Waals surface area (Å²) in [6.07, 6.45) is 2.72. The summed E-state index contributed by atoms with van der Waals surface area (Å²) in [7, 11) is 0. The summed E-state index contributed by atoms with van der Waals surface area (Å²) in [4.78, 5) is 30.3. The Labute approximate surface area is 229 Å². The van der Waals surface area contributed by atoms with E-state index in [0.29, 0.717) is 16.5 Å². The number of Topliss-reactive ketones (excluding diaryl/α,β-unsaturated/α-hetero) is 1. The number of alkyl halides is 1. The predicted molar refractivity (Wildman–Crippen MR) is 145 cm³/mol. The first kappa shape index (κ1) is 24.7. The zero-order valence-corrected chi connectivity index (χ0v) is 23.3. The highest BCUT2D eigenvalue weighted by atomic mass is 79.9. The van der Waals surface area contributed by atoms with E-state index in [1.807, 2.05) is 55.5 Å². The molecule has 0 aliphatic heterocycles. The first-order valence-corrected chi connectivity index (χ1v) is 14.1. The van der Waals surface area contributed by atoms with Gasteiger partial charge in [-0.25, -0.2) is 4.98 Å². The molecule has 1 aromatic heterocycles. The number of aromatic nitrogens is 3. The van der Waals surface area contributed by atoms with Crippen molar-refractivity contribution in [3.05, 3.63) is 79.5 Å². The van der Waals surface area contributed by atoms with Crippen molar-refractivity contribution in [2.24, 2.45) is 0 Å². The van der Waals surface area contributed by atoms with Crippen molar-refractivity contribution in [2.45, 2.75) is 41.8 Å². The fourth-order valence-corrected chi connectivity index (χ4v) is 6.66. The summed E-state index contributed by atoms with van der Waals surface area (Å²) in [6, 6.07) is 13.6. The van der Waals surface area contributed by atoms with E-state index in [1.165, 1.54) is 11.8 Å². The number of nitrogens with zero attached hydrogens (tertiary/aromatic N) is 2. The third kappa shape index (κ3) is 5.01. The summed E-state index contributed by atoms with van der Waals surface area (Å²) in [6.45, 7) is 1.92. The van der Waals surface area contributed by atoms with Gasteiger partial charge in [-0.15, -0.1) is 16.7 Å². The molecular weight excluding hydrogens is 616 g/mol. The van der Waals surface area contributed by atoms with E-state index in [9.17, 15) is 9.59 Å². The average Bonchev–Trinajstić information content (AvgIpc) is 3.28. The van der Waals surface area contributed by atoms with Crippen molar-refractivity contribution in [1.29, 1.82) is 0 Å². The molecule has 1 fully saturated rings. The molecule has 1 saturated carbocycles. The Bertz CT molecular complexity index is 1340. The number of halogens is 3. The molecular formula is C25H21Br2ClN4O2S. The maximum absolute atomic E-state index is 13.2. The second-order valence-electron chi connectivity index (χ2n) is 8.68. The van der Waals surface area contributed by atoms with Gasteiger partial charge < -0.3 is 5.32 Å². The summed E-state index contributed by atoms with van der Waals surface area (Å²) in [5.74, 6) is 0.0721. The van der Waals surface area contributed by atoms with Crippen LogP contribution in [-0.2, 0) is 4.79 Å². The Hall–Kier alpha value is -1.94. The van der Waals surface area contributed by atoms with Crippen LogP contribution in [0.3, 0.4) is 0 Å². The number of carbonyl (C=O) groups is 2. The summed E-state index contributed by atoms with van der Waals surface area (Å²) in [5.41, 5.74) is 3.55. The van der Waals surface area contributed by atoms with Crippen molar-refractivity contribution in [3.63, 3.8) is 0 Å². The molecule has 2 aliphatic carbocycles. The predicted octanol–water partition coefficient (Wildman–Crippen LogP) is 6.08. The van der Waals surface area contributed by atoms with E-state index < -0.39 is 5.92 Å². The molecule has 180 valence electrons. The fraction of sp³-hybridized carbons (Fsp3) is 0.280. The molecule has 1 heterocycles. The van der Waals surface area contributed by atoms with Crippen LogP contribution in [0.4, 0.5) is 0 Å². The van der Waals surface area contributed by atoms with Crippen LogP contribution >= 0.6 is 55.2 Å². The SMILES string of the molecule is CC1=Cc2ccc(Br)cc2C(=O)C1c1nc(SCC(=O)NC2CC(Cl)C2c2ccccc2Br)n[nH]1. The first-order valence-electron chi connectivity index (χ1n) is 11.1. The second-order valence-corrected chi connectivity index (χ2v) is 12.0. The minimum atomic E-state index is -0.520. The molecule has 5 rings (SSSR count). The summed E-state index contributed by atoms with van der Waals surface area (Å²) >= 11 is 14.7. The minimum absolute atomic E-state index is 0.0148. The van der Waals surface area contributed by atoms with Crippen LogP contribution in [0, 0.1) is 0 Å². The number of hydrogen-bond acceptors (Lipinski definition) is 5. The zero-order valence-electron chi connectivity index (χ0n) is 18.6. The van der Waals surface area contributed by atoms with Gasteiger partial charge in [0.05, 0.1) is 5.75 Å². The lowest BCUT2D eigenvalue weighted by atomic mass is 9.74. The minimum Gasteiger partial charge on any atom is -0.352 e. The molecule has 0 spiro atoms. The molecule has 2 aliphatic rings. The van der Waals surface area contributed by atoms with Crippen LogP contribution < -0.4 is 5.32 Å². The van der Waals surface area contributed by atoms with Gasteiger partial charge in [0.2, 0.25) is 11.1 Å². The molecule has 4 atom stereocenters. The van der Waals surface area contributed by atoms with Crippen LogP contribution in [0.2, 0.25) is 0 Å². The number of amides is 1. The van der Waals surface area contributed by atoms with Gasteiger partial charge in [-0.05, 0) is 42.7 Å². The van der Waals surface area contributed by atoms with Crippen LogP contribution in [-0.4, -0.2) is 44.0 Å². The Balaban J connectivity index is 1.21. The van der Waals surface area contributed by atoms with Crippen molar-refractivity contribution in [1.82, 2.24) is 20.5 Å². The Morgan fingerprint density at radius 2 is 2.06 bits per heavy atom. The molecule has 2 N–H and O–H groups in total. The number of hydrogen-bond donors (Lipinski definition) is 2. The molecule has 0 bridgehead atoms. The van der Waals surface area contributed by atoms with Crippen LogP contribution in [0.25, 0.3) is 6.08 Å². The van der Waals surface area contributed by atoms with Crippen molar-refractivity contribution < 1.29 is 9.59 Å². The van der Waals surface area contributed by atoms with Crippen LogP contribution in [0.1, 0.15) is 52.5 Å². The highest BCUT2D eigenvalue weighted by molar-refractivity contribution is 9.10. The highest BCUT2D eigenvalue weighted by Gasteiger charge is 2.42. The standard InChI is InChI=1S/C25H21Br2ClN4O2S/c1-12-8-13-6-7-14(26)9-16(13)23(34)21(12)24-30-25(32-31-24)35-11-20(33)29-19-10-18(28)22(19)15-4-2-3-5-17(15)27/h2-9,18-19,21-22H,10-11H2,1H3,(H,29,33)(H,30,31,32). The lowest BCUT2D eigenvalue weighted by molar-refractivity contribution is -0.119. The summed E-state index contributed by atoms with van der Waals surface area (Å²) in [5, 5.41) is 10.6. The number of aromatic amines is 1. The molecule has 2 aromatic carbocycles. The number of H-pyrrole nitrogens is 1. The monoisotopic (exact) mass is 634 g/mol. The van der Waals surface area contributed by atoms with Crippen molar-refractivity contribution in [3.8, 4) is 0 Å². The number of nitrogens with one attached hydrogen (secondary N) is 2. The number of carbonyl (C=O) groups excluding carboxylic acids is 2. The maximum atomic E-state index is 13.2. The lowest BCUT2D eigenvalue weighted by Crippen LogP contribution is -2.52. The van der Waals surface area contributed by atoms with Crippen molar-refractivity contribution >= 4 is 73.0 Å². The number of thioether (sulfide) groups is 1. The van der Waals surface area contributed by atoms with Crippen molar-refractivity contribution in [2.75, 3.05) is 5.75 Å².